The van der Waals surface area contributed by atoms with E-state index < -0.39 is 10.0 Å². The highest BCUT2D eigenvalue weighted by Gasteiger charge is 2.31. The monoisotopic (exact) mass is 434 g/mol. The Morgan fingerprint density at radius 3 is 2.23 bits per heavy atom. The van der Waals surface area contributed by atoms with Crippen molar-refractivity contribution < 1.29 is 13.2 Å². The van der Waals surface area contributed by atoms with E-state index in [4.69, 9.17) is 39.5 Å². The lowest BCUT2D eigenvalue weighted by Gasteiger charge is -2.35. The molecule has 26 heavy (non-hydrogen) atoms. The molecule has 2 aromatic rings. The summed E-state index contributed by atoms with van der Waals surface area (Å²) in [4.78, 5) is 2.15. The third-order valence-corrected chi connectivity index (χ3v) is 7.14. The number of sulfonamides is 1. The highest BCUT2D eigenvalue weighted by atomic mass is 35.5. The van der Waals surface area contributed by atoms with Crippen molar-refractivity contribution in [2.24, 2.45) is 0 Å². The molecule has 140 valence electrons. The molecule has 1 aliphatic rings. The third kappa shape index (κ3) is 3.89. The van der Waals surface area contributed by atoms with E-state index in [2.05, 4.69) is 4.90 Å². The van der Waals surface area contributed by atoms with Gasteiger partial charge in [-0.05, 0) is 36.4 Å². The van der Waals surface area contributed by atoms with Crippen molar-refractivity contribution in [1.29, 1.82) is 0 Å². The first-order chi connectivity index (χ1) is 12.3. The van der Waals surface area contributed by atoms with E-state index in [0.717, 1.165) is 5.69 Å². The number of benzene rings is 2. The minimum absolute atomic E-state index is 0.0792. The standard InChI is InChI=1S/C17H17Cl3N2O3S/c1-25-16-5-2-12(18)10-17(16)26(23,24)22-8-6-21(7-9-22)13-3-4-14(19)15(20)11-13/h2-5,10-11H,6-9H2,1H3. The van der Waals surface area contributed by atoms with Gasteiger partial charge in [0.2, 0.25) is 10.0 Å². The fraction of sp³-hybridized carbons (Fsp3) is 0.294. The van der Waals surface area contributed by atoms with Crippen LogP contribution < -0.4 is 9.64 Å². The van der Waals surface area contributed by atoms with Gasteiger partial charge in [0.15, 0.2) is 0 Å². The summed E-state index contributed by atoms with van der Waals surface area (Å²) in [5, 5.41) is 1.31. The summed E-state index contributed by atoms with van der Waals surface area (Å²) in [6, 6.07) is 9.97. The van der Waals surface area contributed by atoms with Crippen LogP contribution in [0.5, 0.6) is 5.75 Å². The minimum atomic E-state index is -3.70. The molecule has 0 atom stereocenters. The lowest BCUT2D eigenvalue weighted by atomic mass is 10.2. The zero-order valence-corrected chi connectivity index (χ0v) is 17.0. The number of hydrogen-bond acceptors (Lipinski definition) is 4. The molecule has 0 unspecified atom stereocenters. The molecule has 0 aliphatic carbocycles. The predicted molar refractivity (Wildman–Crippen MR) is 105 cm³/mol. The van der Waals surface area contributed by atoms with Gasteiger partial charge in [-0.1, -0.05) is 34.8 Å². The maximum atomic E-state index is 13.0. The van der Waals surface area contributed by atoms with Crippen molar-refractivity contribution in [3.05, 3.63) is 51.5 Å². The van der Waals surface area contributed by atoms with Crippen LogP contribution in [-0.4, -0.2) is 46.0 Å². The molecule has 0 amide bonds. The van der Waals surface area contributed by atoms with E-state index in [1.54, 1.807) is 24.3 Å². The molecule has 9 heteroatoms. The fourth-order valence-electron chi connectivity index (χ4n) is 2.86. The predicted octanol–water partition coefficient (Wildman–Crippen LogP) is 4.17. The lowest BCUT2D eigenvalue weighted by molar-refractivity contribution is 0.374. The Hall–Kier alpha value is -1.18. The zero-order valence-electron chi connectivity index (χ0n) is 14.0. The van der Waals surface area contributed by atoms with E-state index in [1.165, 1.54) is 17.5 Å². The SMILES string of the molecule is COc1ccc(Cl)cc1S(=O)(=O)N1CCN(c2ccc(Cl)c(Cl)c2)CC1. The maximum absolute atomic E-state index is 13.0. The summed E-state index contributed by atoms with van der Waals surface area (Å²) in [5.74, 6) is 0.279. The molecule has 0 spiro atoms. The molecule has 0 radical (unpaired) electrons. The van der Waals surface area contributed by atoms with Crippen molar-refractivity contribution >= 4 is 50.5 Å². The summed E-state index contributed by atoms with van der Waals surface area (Å²) >= 11 is 18.0. The van der Waals surface area contributed by atoms with Crippen LogP contribution in [0, 0.1) is 0 Å². The number of methoxy groups -OCH3 is 1. The van der Waals surface area contributed by atoms with Crippen molar-refractivity contribution in [3.63, 3.8) is 0 Å². The molecule has 0 N–H and O–H groups in total. The van der Waals surface area contributed by atoms with Gasteiger partial charge in [0, 0.05) is 36.9 Å². The second-order valence-corrected chi connectivity index (χ2v) is 8.94. The molecule has 0 bridgehead atoms. The lowest BCUT2D eigenvalue weighted by Crippen LogP contribution is -2.48. The first-order valence-corrected chi connectivity index (χ1v) is 10.4. The van der Waals surface area contributed by atoms with Crippen LogP contribution in [0.2, 0.25) is 15.1 Å². The zero-order chi connectivity index (χ0) is 18.9. The number of halogens is 3. The van der Waals surface area contributed by atoms with Crippen LogP contribution in [0.1, 0.15) is 0 Å². The van der Waals surface area contributed by atoms with E-state index >= 15 is 0 Å². The number of anilines is 1. The Morgan fingerprint density at radius 1 is 0.923 bits per heavy atom. The van der Waals surface area contributed by atoms with Crippen molar-refractivity contribution in [3.8, 4) is 5.75 Å². The van der Waals surface area contributed by atoms with Crippen LogP contribution in [0.3, 0.4) is 0 Å². The molecular weight excluding hydrogens is 419 g/mol. The van der Waals surface area contributed by atoms with Crippen LogP contribution in [0.25, 0.3) is 0 Å². The second kappa shape index (κ2) is 7.82. The Labute approximate surface area is 168 Å². The average molecular weight is 436 g/mol. The van der Waals surface area contributed by atoms with Gasteiger partial charge in [0.05, 0.1) is 17.2 Å². The van der Waals surface area contributed by atoms with Crippen molar-refractivity contribution in [1.82, 2.24) is 4.31 Å². The molecule has 1 fully saturated rings. The number of rotatable bonds is 4. The van der Waals surface area contributed by atoms with E-state index in [0.29, 0.717) is 41.2 Å². The van der Waals surface area contributed by atoms with Crippen LogP contribution in [0.4, 0.5) is 5.69 Å². The Balaban J connectivity index is 1.79. The van der Waals surface area contributed by atoms with Gasteiger partial charge >= 0.3 is 0 Å². The van der Waals surface area contributed by atoms with Crippen LogP contribution >= 0.6 is 34.8 Å². The normalized spacial score (nSPS) is 15.9. The quantitative estimate of drug-likeness (QED) is 0.723. The molecule has 5 nitrogen and oxygen atoms in total. The van der Waals surface area contributed by atoms with Gasteiger partial charge < -0.3 is 9.64 Å². The first kappa shape index (κ1) is 19.6. The number of hydrogen-bond donors (Lipinski definition) is 0. The van der Waals surface area contributed by atoms with Crippen LogP contribution in [0.15, 0.2) is 41.3 Å². The second-order valence-electron chi connectivity index (χ2n) is 5.78. The summed E-state index contributed by atoms with van der Waals surface area (Å²) in [7, 11) is -2.26. The molecular formula is C17H17Cl3N2O3S. The Bertz CT molecular complexity index is 913. The highest BCUT2D eigenvalue weighted by molar-refractivity contribution is 7.89. The van der Waals surface area contributed by atoms with Crippen LogP contribution in [-0.2, 0) is 10.0 Å². The molecule has 0 aromatic heterocycles. The Morgan fingerprint density at radius 2 is 1.62 bits per heavy atom. The first-order valence-electron chi connectivity index (χ1n) is 7.86. The van der Waals surface area contributed by atoms with E-state index in [-0.39, 0.29) is 10.6 Å². The molecule has 2 aromatic carbocycles. The molecule has 3 rings (SSSR count). The van der Waals surface area contributed by atoms with E-state index in [9.17, 15) is 8.42 Å². The maximum Gasteiger partial charge on any atom is 0.246 e. The van der Waals surface area contributed by atoms with Gasteiger partial charge in [-0.15, -0.1) is 0 Å². The third-order valence-electron chi connectivity index (χ3n) is 4.25. The average Bonchev–Trinajstić information content (AvgIpc) is 2.64. The van der Waals surface area contributed by atoms with Gasteiger partial charge in [-0.25, -0.2) is 8.42 Å². The number of piperazine rings is 1. The molecule has 1 aliphatic heterocycles. The minimum Gasteiger partial charge on any atom is -0.495 e. The summed E-state index contributed by atoms with van der Waals surface area (Å²) < 4.78 is 32.6. The molecule has 0 saturated carbocycles. The largest absolute Gasteiger partial charge is 0.495 e. The van der Waals surface area contributed by atoms with Gasteiger partial charge in [0.25, 0.3) is 0 Å². The van der Waals surface area contributed by atoms with Gasteiger partial charge in [0.1, 0.15) is 10.6 Å². The van der Waals surface area contributed by atoms with E-state index in [1.807, 2.05) is 6.07 Å². The van der Waals surface area contributed by atoms with Crippen molar-refractivity contribution in [2.45, 2.75) is 4.90 Å². The molecule has 1 heterocycles. The van der Waals surface area contributed by atoms with Crippen molar-refractivity contribution in [2.75, 3.05) is 38.2 Å². The smallest absolute Gasteiger partial charge is 0.246 e. The molecule has 1 saturated heterocycles. The fourth-order valence-corrected chi connectivity index (χ4v) is 4.99. The number of nitrogens with zero attached hydrogens (tertiary/aromatic N) is 2. The Kier molecular flexibility index (Phi) is 5.89. The summed E-state index contributed by atoms with van der Waals surface area (Å²) in [5.41, 5.74) is 0.914. The van der Waals surface area contributed by atoms with Gasteiger partial charge in [-0.3, -0.25) is 0 Å². The highest BCUT2D eigenvalue weighted by Crippen LogP contribution is 2.31. The number of ether oxygens (including phenoxy) is 1. The summed E-state index contributed by atoms with van der Waals surface area (Å²) in [6.45, 7) is 1.77. The van der Waals surface area contributed by atoms with Gasteiger partial charge in [-0.2, -0.15) is 4.31 Å². The topological polar surface area (TPSA) is 49.9 Å². The summed E-state index contributed by atoms with van der Waals surface area (Å²) in [6.07, 6.45) is 0.